The molecule has 2 aromatic rings. The molecule has 1 aromatic carbocycles. The first-order valence-corrected chi connectivity index (χ1v) is 6.54. The molecule has 4 heteroatoms. The van der Waals surface area contributed by atoms with Crippen molar-refractivity contribution in [2.24, 2.45) is 0 Å². The van der Waals surface area contributed by atoms with Crippen molar-refractivity contribution < 1.29 is 5.11 Å². The zero-order valence-electron chi connectivity index (χ0n) is 9.84. The Morgan fingerprint density at radius 1 is 1.35 bits per heavy atom. The van der Waals surface area contributed by atoms with Gasteiger partial charge >= 0.3 is 0 Å². The van der Waals surface area contributed by atoms with Crippen LogP contribution in [0.4, 0.5) is 10.8 Å². The van der Waals surface area contributed by atoms with Crippen molar-refractivity contribution in [2.75, 3.05) is 18.1 Å². The molecule has 2 rings (SSSR count). The summed E-state index contributed by atoms with van der Waals surface area (Å²) in [7, 11) is 0. The predicted molar refractivity (Wildman–Crippen MR) is 72.0 cm³/mol. The van der Waals surface area contributed by atoms with E-state index in [0.29, 0.717) is 0 Å². The highest BCUT2D eigenvalue weighted by Crippen LogP contribution is 2.29. The summed E-state index contributed by atoms with van der Waals surface area (Å²) in [6.07, 6.45) is 2.55. The number of anilines is 2. The Balaban J connectivity index is 2.30. The van der Waals surface area contributed by atoms with Gasteiger partial charge in [0.1, 0.15) is 0 Å². The third-order valence-electron chi connectivity index (χ3n) is 2.60. The minimum atomic E-state index is 0.202. The molecular weight excluding hydrogens is 232 g/mol. The molecule has 0 aliphatic carbocycles. The van der Waals surface area contributed by atoms with Gasteiger partial charge in [-0.25, -0.2) is 4.98 Å². The van der Waals surface area contributed by atoms with Crippen LogP contribution in [0.5, 0.6) is 0 Å². The Hall–Kier alpha value is -1.39. The van der Waals surface area contributed by atoms with Gasteiger partial charge in [-0.1, -0.05) is 18.2 Å². The van der Waals surface area contributed by atoms with E-state index >= 15 is 0 Å². The average Bonchev–Trinajstić information content (AvgIpc) is 2.85. The minimum absolute atomic E-state index is 0.202. The fourth-order valence-electron chi connectivity index (χ4n) is 1.76. The summed E-state index contributed by atoms with van der Waals surface area (Å²) in [5.74, 6) is 0. The molecule has 1 heterocycles. The van der Waals surface area contributed by atoms with Crippen molar-refractivity contribution in [1.29, 1.82) is 0 Å². The van der Waals surface area contributed by atoms with E-state index in [-0.39, 0.29) is 6.61 Å². The van der Waals surface area contributed by atoms with Gasteiger partial charge < -0.3 is 10.0 Å². The lowest BCUT2D eigenvalue weighted by Crippen LogP contribution is -2.20. The standard InChI is InChI=1S/C13H16N2OS/c1-11-5-2-3-6-12(11)15(8-4-9-16)13-14-7-10-17-13/h2-3,5-7,10,16H,4,8-9H2,1H3. The predicted octanol–water partition coefficient (Wildman–Crippen LogP) is 2.97. The van der Waals surface area contributed by atoms with E-state index in [0.717, 1.165) is 23.8 Å². The van der Waals surface area contributed by atoms with Crippen LogP contribution in [0.1, 0.15) is 12.0 Å². The number of nitrogens with zero attached hydrogens (tertiary/aromatic N) is 2. The van der Waals surface area contributed by atoms with E-state index in [4.69, 9.17) is 5.11 Å². The molecule has 0 aliphatic heterocycles. The van der Waals surface area contributed by atoms with Crippen LogP contribution >= 0.6 is 11.3 Å². The second kappa shape index (κ2) is 5.80. The zero-order valence-corrected chi connectivity index (χ0v) is 10.7. The molecular formula is C13H16N2OS. The van der Waals surface area contributed by atoms with E-state index in [9.17, 15) is 0 Å². The number of rotatable bonds is 5. The molecule has 90 valence electrons. The number of thiazole rings is 1. The van der Waals surface area contributed by atoms with Gasteiger partial charge in [-0.05, 0) is 25.0 Å². The third kappa shape index (κ3) is 2.84. The summed E-state index contributed by atoms with van der Waals surface area (Å²) in [6.45, 7) is 3.08. The molecule has 0 radical (unpaired) electrons. The summed E-state index contributed by atoms with van der Waals surface area (Å²) in [4.78, 5) is 6.51. The third-order valence-corrected chi connectivity index (χ3v) is 3.39. The van der Waals surface area contributed by atoms with Crippen LogP contribution in [-0.4, -0.2) is 23.2 Å². The summed E-state index contributed by atoms with van der Waals surface area (Å²) < 4.78 is 0. The fraction of sp³-hybridized carbons (Fsp3) is 0.308. The van der Waals surface area contributed by atoms with Crippen molar-refractivity contribution in [3.63, 3.8) is 0 Å². The second-order valence-electron chi connectivity index (χ2n) is 3.83. The molecule has 0 amide bonds. The molecule has 0 bridgehead atoms. The van der Waals surface area contributed by atoms with Gasteiger partial charge in [0.15, 0.2) is 5.13 Å². The first-order valence-electron chi connectivity index (χ1n) is 5.66. The molecule has 17 heavy (non-hydrogen) atoms. The van der Waals surface area contributed by atoms with Crippen molar-refractivity contribution in [2.45, 2.75) is 13.3 Å². The molecule has 0 unspecified atom stereocenters. The Labute approximate surface area is 105 Å². The molecule has 0 spiro atoms. The first-order chi connectivity index (χ1) is 8.33. The largest absolute Gasteiger partial charge is 0.396 e. The molecule has 1 aromatic heterocycles. The number of aryl methyl sites for hydroxylation is 1. The molecule has 0 atom stereocenters. The Morgan fingerprint density at radius 3 is 2.82 bits per heavy atom. The lowest BCUT2D eigenvalue weighted by molar-refractivity contribution is 0.291. The highest BCUT2D eigenvalue weighted by molar-refractivity contribution is 7.13. The number of aliphatic hydroxyl groups excluding tert-OH is 1. The molecule has 1 N–H and O–H groups in total. The van der Waals surface area contributed by atoms with E-state index in [2.05, 4.69) is 28.9 Å². The monoisotopic (exact) mass is 248 g/mol. The lowest BCUT2D eigenvalue weighted by Gasteiger charge is -2.23. The van der Waals surface area contributed by atoms with E-state index in [1.807, 2.05) is 23.7 Å². The zero-order chi connectivity index (χ0) is 12.1. The molecule has 0 saturated carbocycles. The van der Waals surface area contributed by atoms with E-state index in [1.165, 1.54) is 5.56 Å². The highest BCUT2D eigenvalue weighted by Gasteiger charge is 2.12. The first kappa shape index (κ1) is 12.1. The topological polar surface area (TPSA) is 36.4 Å². The van der Waals surface area contributed by atoms with Crippen molar-refractivity contribution >= 4 is 22.2 Å². The summed E-state index contributed by atoms with van der Waals surface area (Å²) in [5, 5.41) is 11.9. The van der Waals surface area contributed by atoms with Crippen LogP contribution in [0, 0.1) is 6.92 Å². The van der Waals surface area contributed by atoms with Crippen LogP contribution < -0.4 is 4.90 Å². The van der Waals surface area contributed by atoms with Crippen LogP contribution in [0.2, 0.25) is 0 Å². The van der Waals surface area contributed by atoms with Gasteiger partial charge in [0.25, 0.3) is 0 Å². The minimum Gasteiger partial charge on any atom is -0.396 e. The molecule has 0 fully saturated rings. The SMILES string of the molecule is Cc1ccccc1N(CCCO)c1nccs1. The lowest BCUT2D eigenvalue weighted by atomic mass is 10.2. The maximum absolute atomic E-state index is 8.99. The van der Waals surface area contributed by atoms with Gasteiger partial charge in [0, 0.05) is 30.4 Å². The molecule has 0 aliphatic rings. The molecule has 0 saturated heterocycles. The summed E-state index contributed by atoms with van der Waals surface area (Å²) >= 11 is 1.62. The highest BCUT2D eigenvalue weighted by atomic mass is 32.1. The number of benzene rings is 1. The maximum atomic E-state index is 8.99. The van der Waals surface area contributed by atoms with Crippen LogP contribution in [0.25, 0.3) is 0 Å². The summed E-state index contributed by atoms with van der Waals surface area (Å²) in [5.41, 5.74) is 2.39. The van der Waals surface area contributed by atoms with Crippen molar-refractivity contribution in [3.8, 4) is 0 Å². The average molecular weight is 248 g/mol. The Kier molecular flexibility index (Phi) is 4.12. The van der Waals surface area contributed by atoms with Gasteiger partial charge in [0.05, 0.1) is 0 Å². The number of aromatic nitrogens is 1. The van der Waals surface area contributed by atoms with Gasteiger partial charge in [0.2, 0.25) is 0 Å². The maximum Gasteiger partial charge on any atom is 0.189 e. The summed E-state index contributed by atoms with van der Waals surface area (Å²) in [6, 6.07) is 8.25. The number of hydrogen-bond donors (Lipinski definition) is 1. The normalized spacial score (nSPS) is 10.5. The fourth-order valence-corrected chi connectivity index (χ4v) is 2.45. The van der Waals surface area contributed by atoms with Gasteiger partial charge in [-0.3, -0.25) is 0 Å². The number of hydrogen-bond acceptors (Lipinski definition) is 4. The van der Waals surface area contributed by atoms with Gasteiger partial charge in [-0.2, -0.15) is 0 Å². The van der Waals surface area contributed by atoms with Crippen molar-refractivity contribution in [3.05, 3.63) is 41.4 Å². The van der Waals surface area contributed by atoms with E-state index in [1.54, 1.807) is 11.3 Å². The van der Waals surface area contributed by atoms with Crippen LogP contribution in [0.3, 0.4) is 0 Å². The Morgan fingerprint density at radius 2 is 2.18 bits per heavy atom. The van der Waals surface area contributed by atoms with Crippen molar-refractivity contribution in [1.82, 2.24) is 4.98 Å². The second-order valence-corrected chi connectivity index (χ2v) is 4.70. The Bertz CT molecular complexity index is 456. The number of para-hydroxylation sites is 1. The number of aliphatic hydroxyl groups is 1. The molecule has 3 nitrogen and oxygen atoms in total. The van der Waals surface area contributed by atoms with E-state index < -0.39 is 0 Å². The van der Waals surface area contributed by atoms with Gasteiger partial charge in [-0.15, -0.1) is 11.3 Å². The van der Waals surface area contributed by atoms with Crippen LogP contribution in [0.15, 0.2) is 35.8 Å². The van der Waals surface area contributed by atoms with Crippen LogP contribution in [-0.2, 0) is 0 Å². The smallest absolute Gasteiger partial charge is 0.189 e. The quantitative estimate of drug-likeness (QED) is 0.883.